The molecule has 1 aromatic carbocycles. The number of para-hydroxylation sites is 1. The number of fused-ring (bicyclic) bond motifs is 1. The fourth-order valence-electron chi connectivity index (χ4n) is 3.19. The summed E-state index contributed by atoms with van der Waals surface area (Å²) >= 11 is 0. The third-order valence-electron chi connectivity index (χ3n) is 4.52. The van der Waals surface area contributed by atoms with Crippen molar-refractivity contribution in [1.29, 1.82) is 0 Å². The summed E-state index contributed by atoms with van der Waals surface area (Å²) in [7, 11) is 0. The van der Waals surface area contributed by atoms with E-state index in [4.69, 9.17) is 0 Å². The highest BCUT2D eigenvalue weighted by atomic mass is 16.4. The van der Waals surface area contributed by atoms with Gasteiger partial charge in [0.1, 0.15) is 0 Å². The smallest absolute Gasteiger partial charge is 0.354 e. The van der Waals surface area contributed by atoms with Crippen LogP contribution in [0.15, 0.2) is 30.3 Å². The first-order valence-electron chi connectivity index (χ1n) is 7.37. The second kappa shape index (κ2) is 5.02. The van der Waals surface area contributed by atoms with E-state index in [1.165, 1.54) is 12.8 Å². The molecule has 4 heteroatoms. The highest BCUT2D eigenvalue weighted by Crippen LogP contribution is 2.40. The van der Waals surface area contributed by atoms with Crippen molar-refractivity contribution in [2.45, 2.75) is 39.2 Å². The monoisotopic (exact) mass is 284 g/mol. The molecule has 0 radical (unpaired) electrons. The van der Waals surface area contributed by atoms with Crippen molar-refractivity contribution in [3.8, 4) is 0 Å². The zero-order chi connectivity index (χ0) is 15.0. The van der Waals surface area contributed by atoms with E-state index in [0.29, 0.717) is 6.04 Å². The number of rotatable bonds is 3. The maximum Gasteiger partial charge on any atom is 0.354 e. The van der Waals surface area contributed by atoms with Gasteiger partial charge in [0, 0.05) is 17.1 Å². The van der Waals surface area contributed by atoms with Gasteiger partial charge in [0.25, 0.3) is 0 Å². The molecule has 1 aliphatic carbocycles. The molecule has 1 atom stereocenters. The van der Waals surface area contributed by atoms with Gasteiger partial charge < -0.3 is 10.4 Å². The van der Waals surface area contributed by atoms with Crippen molar-refractivity contribution in [3.63, 3.8) is 0 Å². The first-order chi connectivity index (χ1) is 9.97. The lowest BCUT2D eigenvalue weighted by atomic mass is 9.87. The molecule has 1 fully saturated rings. The number of nitrogens with one attached hydrogen (secondary N) is 1. The summed E-state index contributed by atoms with van der Waals surface area (Å²) < 4.78 is 0. The molecule has 0 saturated heterocycles. The van der Waals surface area contributed by atoms with Crippen molar-refractivity contribution < 1.29 is 9.90 Å². The number of carbonyl (C=O) groups is 1. The van der Waals surface area contributed by atoms with E-state index in [9.17, 15) is 9.90 Å². The van der Waals surface area contributed by atoms with Crippen LogP contribution in [-0.2, 0) is 0 Å². The summed E-state index contributed by atoms with van der Waals surface area (Å²) in [6.07, 6.45) is 3.52. The Kier molecular flexibility index (Phi) is 3.32. The number of benzene rings is 1. The largest absolute Gasteiger partial charge is 0.477 e. The molecule has 1 unspecified atom stereocenters. The van der Waals surface area contributed by atoms with Gasteiger partial charge >= 0.3 is 5.97 Å². The molecule has 2 aromatic rings. The Labute approximate surface area is 124 Å². The van der Waals surface area contributed by atoms with Gasteiger partial charge in [-0.05, 0) is 30.4 Å². The topological polar surface area (TPSA) is 62.2 Å². The summed E-state index contributed by atoms with van der Waals surface area (Å²) in [6, 6.07) is 9.69. The summed E-state index contributed by atoms with van der Waals surface area (Å²) in [6.45, 7) is 4.53. The Morgan fingerprint density at radius 3 is 2.81 bits per heavy atom. The van der Waals surface area contributed by atoms with E-state index in [1.807, 2.05) is 24.3 Å². The molecule has 0 spiro atoms. The molecule has 21 heavy (non-hydrogen) atoms. The maximum atomic E-state index is 11.3. The van der Waals surface area contributed by atoms with Gasteiger partial charge in [0.2, 0.25) is 0 Å². The van der Waals surface area contributed by atoms with Crippen LogP contribution in [0.25, 0.3) is 10.9 Å². The minimum absolute atomic E-state index is 0.0898. The lowest BCUT2D eigenvalue weighted by molar-refractivity contribution is 0.0691. The van der Waals surface area contributed by atoms with Crippen LogP contribution in [0.4, 0.5) is 5.69 Å². The Morgan fingerprint density at radius 1 is 1.38 bits per heavy atom. The molecule has 2 N–H and O–H groups in total. The summed E-state index contributed by atoms with van der Waals surface area (Å²) in [4.78, 5) is 15.5. The Bertz CT molecular complexity index is 694. The highest BCUT2D eigenvalue weighted by Gasteiger charge is 2.34. The number of carboxylic acids is 1. The molecule has 3 rings (SSSR count). The molecular weight excluding hydrogens is 264 g/mol. The molecule has 4 nitrogen and oxygen atoms in total. The van der Waals surface area contributed by atoms with Crippen LogP contribution in [-0.4, -0.2) is 22.1 Å². The van der Waals surface area contributed by atoms with E-state index in [1.54, 1.807) is 6.07 Å². The van der Waals surface area contributed by atoms with E-state index in [2.05, 4.69) is 24.1 Å². The van der Waals surface area contributed by atoms with Crippen molar-refractivity contribution in [3.05, 3.63) is 36.0 Å². The van der Waals surface area contributed by atoms with Crippen molar-refractivity contribution >= 4 is 22.6 Å². The fourth-order valence-corrected chi connectivity index (χ4v) is 3.19. The molecule has 0 bridgehead atoms. The average Bonchev–Trinajstić information content (AvgIpc) is 2.77. The Balaban J connectivity index is 2.06. The number of aromatic carboxylic acids is 1. The van der Waals surface area contributed by atoms with Crippen LogP contribution in [0.3, 0.4) is 0 Å². The number of nitrogens with zero attached hydrogens (tertiary/aromatic N) is 1. The van der Waals surface area contributed by atoms with E-state index in [0.717, 1.165) is 23.0 Å². The van der Waals surface area contributed by atoms with Gasteiger partial charge in [-0.1, -0.05) is 38.5 Å². The summed E-state index contributed by atoms with van der Waals surface area (Å²) in [5.74, 6) is -0.991. The number of pyridine rings is 1. The number of hydrogen-bond donors (Lipinski definition) is 2. The van der Waals surface area contributed by atoms with Crippen LogP contribution in [0.1, 0.15) is 43.6 Å². The molecule has 0 amide bonds. The van der Waals surface area contributed by atoms with Crippen molar-refractivity contribution in [2.24, 2.45) is 5.41 Å². The zero-order valence-corrected chi connectivity index (χ0v) is 12.4. The molecule has 0 aliphatic heterocycles. The normalized spacial score (nSPS) is 20.6. The lowest BCUT2D eigenvalue weighted by Gasteiger charge is -2.29. The van der Waals surface area contributed by atoms with E-state index < -0.39 is 5.97 Å². The highest BCUT2D eigenvalue weighted by molar-refractivity contribution is 5.97. The second-order valence-electron chi connectivity index (χ2n) is 6.46. The standard InChI is InChI=1S/C17H20N2O2/c1-17(2)9-5-8-15(17)19-13-10-14(16(20)21)18-12-7-4-3-6-11(12)13/h3-4,6-7,10,15H,5,8-9H2,1-2H3,(H,18,19)(H,20,21). The van der Waals surface area contributed by atoms with Gasteiger partial charge in [0.15, 0.2) is 5.69 Å². The predicted octanol–water partition coefficient (Wildman–Crippen LogP) is 3.92. The minimum Gasteiger partial charge on any atom is -0.477 e. The molecule has 1 saturated carbocycles. The van der Waals surface area contributed by atoms with Gasteiger partial charge in [0.05, 0.1) is 5.52 Å². The molecule has 1 aromatic heterocycles. The quantitative estimate of drug-likeness (QED) is 0.896. The third kappa shape index (κ3) is 2.58. The van der Waals surface area contributed by atoms with Gasteiger partial charge in [-0.15, -0.1) is 0 Å². The van der Waals surface area contributed by atoms with Crippen molar-refractivity contribution in [1.82, 2.24) is 4.98 Å². The maximum absolute atomic E-state index is 11.3. The van der Waals surface area contributed by atoms with E-state index >= 15 is 0 Å². The molecule has 110 valence electrons. The van der Waals surface area contributed by atoms with Crippen LogP contribution in [0, 0.1) is 5.41 Å². The summed E-state index contributed by atoms with van der Waals surface area (Å²) in [5, 5.41) is 13.8. The van der Waals surface area contributed by atoms with E-state index in [-0.39, 0.29) is 11.1 Å². The van der Waals surface area contributed by atoms with Gasteiger partial charge in [-0.2, -0.15) is 0 Å². The second-order valence-corrected chi connectivity index (χ2v) is 6.46. The number of hydrogen-bond acceptors (Lipinski definition) is 3. The van der Waals surface area contributed by atoms with Gasteiger partial charge in [-0.25, -0.2) is 9.78 Å². The van der Waals surface area contributed by atoms with Gasteiger partial charge in [-0.3, -0.25) is 0 Å². The van der Waals surface area contributed by atoms with Crippen molar-refractivity contribution in [2.75, 3.05) is 5.32 Å². The van der Waals surface area contributed by atoms with Crippen LogP contribution in [0.5, 0.6) is 0 Å². The predicted molar refractivity (Wildman–Crippen MR) is 83.7 cm³/mol. The minimum atomic E-state index is -0.991. The van der Waals surface area contributed by atoms with Crippen LogP contribution >= 0.6 is 0 Å². The molecule has 1 heterocycles. The molecular formula is C17H20N2O2. The third-order valence-corrected chi connectivity index (χ3v) is 4.52. The van der Waals surface area contributed by atoms with Crippen LogP contribution < -0.4 is 5.32 Å². The average molecular weight is 284 g/mol. The fraction of sp³-hybridized carbons (Fsp3) is 0.412. The zero-order valence-electron chi connectivity index (χ0n) is 12.4. The molecule has 1 aliphatic rings. The lowest BCUT2D eigenvalue weighted by Crippen LogP contribution is -2.31. The summed E-state index contributed by atoms with van der Waals surface area (Å²) in [5.41, 5.74) is 1.91. The number of aromatic nitrogens is 1. The Hall–Kier alpha value is -2.10. The number of anilines is 1. The first-order valence-corrected chi connectivity index (χ1v) is 7.37. The number of carboxylic acid groups (broad SMARTS) is 1. The Morgan fingerprint density at radius 2 is 2.14 bits per heavy atom. The first kappa shape index (κ1) is 13.9. The SMILES string of the molecule is CC1(C)CCCC1Nc1cc(C(=O)O)nc2ccccc12. The van der Waals surface area contributed by atoms with Crippen LogP contribution in [0.2, 0.25) is 0 Å².